The van der Waals surface area contributed by atoms with Crippen LogP contribution in [0, 0.1) is 0 Å². The van der Waals surface area contributed by atoms with E-state index in [4.69, 9.17) is 11.6 Å². The standard InChI is InChI=1S/C16H19ClN4O/c1-20-9-3-6-13(20)14-7-4-10-21(14)11-15(22)19-12-5-2-8-18-16(12)17/h2-3,5-6,8-9,14H,4,7,10-11H2,1H3,(H,19,22)/t14-/m0/s1. The van der Waals surface area contributed by atoms with Gasteiger partial charge in [0.25, 0.3) is 0 Å². The molecule has 22 heavy (non-hydrogen) atoms. The average molecular weight is 319 g/mol. The number of aromatic nitrogens is 2. The van der Waals surface area contributed by atoms with E-state index >= 15 is 0 Å². The molecule has 5 nitrogen and oxygen atoms in total. The summed E-state index contributed by atoms with van der Waals surface area (Å²) in [5, 5.41) is 3.15. The summed E-state index contributed by atoms with van der Waals surface area (Å²) in [5.74, 6) is -0.0593. The van der Waals surface area contributed by atoms with Crippen LogP contribution in [0.5, 0.6) is 0 Å². The summed E-state index contributed by atoms with van der Waals surface area (Å²) in [5.41, 5.74) is 1.81. The molecule has 116 valence electrons. The van der Waals surface area contributed by atoms with Gasteiger partial charge in [-0.1, -0.05) is 11.6 Å². The molecule has 0 aliphatic carbocycles. The third kappa shape index (κ3) is 3.15. The first kappa shape index (κ1) is 15.1. The number of carbonyl (C=O) groups excluding carboxylic acids is 1. The van der Waals surface area contributed by atoms with E-state index in [0.717, 1.165) is 19.4 Å². The second-order valence-electron chi connectivity index (χ2n) is 5.56. The number of nitrogens with zero attached hydrogens (tertiary/aromatic N) is 3. The molecule has 1 N–H and O–H groups in total. The summed E-state index contributed by atoms with van der Waals surface area (Å²) in [6, 6.07) is 7.98. The van der Waals surface area contributed by atoms with Crippen LogP contribution in [0.2, 0.25) is 5.15 Å². The van der Waals surface area contributed by atoms with Gasteiger partial charge in [0.1, 0.15) is 0 Å². The van der Waals surface area contributed by atoms with Crippen LogP contribution >= 0.6 is 11.6 Å². The number of carbonyl (C=O) groups is 1. The van der Waals surface area contributed by atoms with Crippen LogP contribution < -0.4 is 5.32 Å². The Morgan fingerprint density at radius 3 is 3.05 bits per heavy atom. The molecular weight excluding hydrogens is 300 g/mol. The lowest BCUT2D eigenvalue weighted by atomic mass is 10.1. The molecule has 1 atom stereocenters. The number of anilines is 1. The maximum absolute atomic E-state index is 12.3. The van der Waals surface area contributed by atoms with Gasteiger partial charge in [0.05, 0.1) is 18.3 Å². The van der Waals surface area contributed by atoms with E-state index in [2.05, 4.69) is 25.8 Å². The van der Waals surface area contributed by atoms with Crippen molar-refractivity contribution in [2.24, 2.45) is 7.05 Å². The number of aryl methyl sites for hydroxylation is 1. The first-order valence-corrected chi connectivity index (χ1v) is 7.78. The van der Waals surface area contributed by atoms with E-state index < -0.39 is 0 Å². The van der Waals surface area contributed by atoms with Gasteiger partial charge in [-0.3, -0.25) is 9.69 Å². The molecule has 3 heterocycles. The number of hydrogen-bond donors (Lipinski definition) is 1. The Morgan fingerprint density at radius 1 is 1.45 bits per heavy atom. The SMILES string of the molecule is Cn1cccc1[C@@H]1CCCN1CC(=O)Nc1cccnc1Cl. The largest absolute Gasteiger partial charge is 0.353 e. The molecule has 1 saturated heterocycles. The Balaban J connectivity index is 1.66. The molecule has 0 saturated carbocycles. The summed E-state index contributed by atoms with van der Waals surface area (Å²) in [7, 11) is 2.04. The van der Waals surface area contributed by atoms with E-state index in [1.165, 1.54) is 5.69 Å². The van der Waals surface area contributed by atoms with E-state index in [-0.39, 0.29) is 5.91 Å². The first-order chi connectivity index (χ1) is 10.6. The molecule has 6 heteroatoms. The predicted molar refractivity (Wildman–Crippen MR) is 86.8 cm³/mol. The molecule has 1 amide bonds. The van der Waals surface area contributed by atoms with E-state index in [1.807, 2.05) is 19.3 Å². The first-order valence-electron chi connectivity index (χ1n) is 7.41. The molecule has 0 bridgehead atoms. The summed E-state index contributed by atoms with van der Waals surface area (Å²) in [6.07, 6.45) is 5.83. The Labute approximate surface area is 134 Å². The van der Waals surface area contributed by atoms with Gasteiger partial charge >= 0.3 is 0 Å². The van der Waals surface area contributed by atoms with Crippen molar-refractivity contribution in [1.82, 2.24) is 14.5 Å². The van der Waals surface area contributed by atoms with Crippen molar-refractivity contribution in [3.8, 4) is 0 Å². The van der Waals surface area contributed by atoms with Gasteiger partial charge in [-0.05, 0) is 43.7 Å². The molecule has 0 radical (unpaired) electrons. The lowest BCUT2D eigenvalue weighted by molar-refractivity contribution is -0.117. The fourth-order valence-corrected chi connectivity index (χ4v) is 3.19. The molecule has 2 aromatic heterocycles. The minimum Gasteiger partial charge on any atom is -0.353 e. The van der Waals surface area contributed by atoms with Crippen molar-refractivity contribution in [2.75, 3.05) is 18.4 Å². The molecule has 0 spiro atoms. The van der Waals surface area contributed by atoms with Gasteiger partial charge in [0, 0.05) is 25.1 Å². The van der Waals surface area contributed by atoms with Gasteiger partial charge < -0.3 is 9.88 Å². The molecule has 0 aromatic carbocycles. The van der Waals surface area contributed by atoms with Gasteiger partial charge in [-0.2, -0.15) is 0 Å². The molecule has 3 rings (SSSR count). The van der Waals surface area contributed by atoms with Crippen molar-refractivity contribution in [1.29, 1.82) is 0 Å². The zero-order valence-corrected chi connectivity index (χ0v) is 13.3. The van der Waals surface area contributed by atoms with Crippen LogP contribution in [0.4, 0.5) is 5.69 Å². The molecule has 1 fully saturated rings. The monoisotopic (exact) mass is 318 g/mol. The Hall–Kier alpha value is -1.85. The molecule has 1 aliphatic rings. The molecule has 0 unspecified atom stereocenters. The van der Waals surface area contributed by atoms with Gasteiger partial charge in [-0.25, -0.2) is 4.98 Å². The van der Waals surface area contributed by atoms with E-state index in [0.29, 0.717) is 23.4 Å². The number of rotatable bonds is 4. The van der Waals surface area contributed by atoms with Crippen LogP contribution in [0.25, 0.3) is 0 Å². The number of pyridine rings is 1. The quantitative estimate of drug-likeness (QED) is 0.882. The zero-order valence-electron chi connectivity index (χ0n) is 12.5. The minimum atomic E-state index is -0.0593. The van der Waals surface area contributed by atoms with Crippen LogP contribution in [-0.2, 0) is 11.8 Å². The summed E-state index contributed by atoms with van der Waals surface area (Å²) >= 11 is 5.97. The Kier molecular flexibility index (Phi) is 4.45. The van der Waals surface area contributed by atoms with Crippen LogP contribution in [-0.4, -0.2) is 33.4 Å². The topological polar surface area (TPSA) is 50.2 Å². The number of halogens is 1. The lowest BCUT2D eigenvalue weighted by Gasteiger charge is -2.24. The highest BCUT2D eigenvalue weighted by atomic mass is 35.5. The van der Waals surface area contributed by atoms with Crippen LogP contribution in [0.3, 0.4) is 0 Å². The highest BCUT2D eigenvalue weighted by Crippen LogP contribution is 2.31. The van der Waals surface area contributed by atoms with Crippen LogP contribution in [0.1, 0.15) is 24.6 Å². The van der Waals surface area contributed by atoms with Crippen molar-refractivity contribution in [3.63, 3.8) is 0 Å². The van der Waals surface area contributed by atoms with Crippen molar-refractivity contribution in [2.45, 2.75) is 18.9 Å². The van der Waals surface area contributed by atoms with Crippen molar-refractivity contribution < 1.29 is 4.79 Å². The number of nitrogens with one attached hydrogen (secondary N) is 1. The predicted octanol–water partition coefficient (Wildman–Crippen LogP) is 2.85. The average Bonchev–Trinajstić information content (AvgIpc) is 3.10. The zero-order chi connectivity index (χ0) is 15.5. The highest BCUT2D eigenvalue weighted by molar-refractivity contribution is 6.32. The summed E-state index contributed by atoms with van der Waals surface area (Å²) in [6.45, 7) is 1.30. The van der Waals surface area contributed by atoms with E-state index in [9.17, 15) is 4.79 Å². The summed E-state index contributed by atoms with van der Waals surface area (Å²) < 4.78 is 2.12. The van der Waals surface area contributed by atoms with Gasteiger partial charge in [-0.15, -0.1) is 0 Å². The Morgan fingerprint density at radius 2 is 2.32 bits per heavy atom. The maximum Gasteiger partial charge on any atom is 0.238 e. The normalized spacial score (nSPS) is 18.5. The van der Waals surface area contributed by atoms with Gasteiger partial charge in [0.15, 0.2) is 5.15 Å². The molecule has 2 aromatic rings. The van der Waals surface area contributed by atoms with Gasteiger partial charge in [0.2, 0.25) is 5.91 Å². The highest BCUT2D eigenvalue weighted by Gasteiger charge is 2.29. The summed E-state index contributed by atoms with van der Waals surface area (Å²) in [4.78, 5) is 18.5. The minimum absolute atomic E-state index is 0.0593. The third-order valence-corrected chi connectivity index (χ3v) is 4.37. The third-order valence-electron chi connectivity index (χ3n) is 4.07. The maximum atomic E-state index is 12.3. The number of likely N-dealkylation sites (tertiary alicyclic amines) is 1. The number of amides is 1. The second-order valence-corrected chi connectivity index (χ2v) is 5.92. The molecular formula is C16H19ClN4O. The fourth-order valence-electron chi connectivity index (χ4n) is 3.02. The lowest BCUT2D eigenvalue weighted by Crippen LogP contribution is -2.33. The van der Waals surface area contributed by atoms with Crippen molar-refractivity contribution >= 4 is 23.2 Å². The number of hydrogen-bond acceptors (Lipinski definition) is 3. The Bertz CT molecular complexity index is 670. The second kappa shape index (κ2) is 6.50. The van der Waals surface area contributed by atoms with E-state index in [1.54, 1.807) is 18.3 Å². The van der Waals surface area contributed by atoms with Crippen LogP contribution in [0.15, 0.2) is 36.7 Å². The fraction of sp³-hybridized carbons (Fsp3) is 0.375. The smallest absolute Gasteiger partial charge is 0.238 e. The van der Waals surface area contributed by atoms with Crippen molar-refractivity contribution in [3.05, 3.63) is 47.5 Å². The molecule has 1 aliphatic heterocycles.